The van der Waals surface area contributed by atoms with Gasteiger partial charge in [0.05, 0.1) is 0 Å². The SMILES string of the molecule is C.Cc1ccc2c(c1C)-c1ccccc1[CH]2[Zr+2]([C]1=CC=CC1)[c]1ccccc1.[Cl-].[Cl-]. The maximum absolute atomic E-state index is 2.43. The van der Waals surface area contributed by atoms with Gasteiger partial charge in [-0.25, -0.2) is 0 Å². The average Bonchev–Trinajstić information content (AvgIpc) is 3.34. The normalized spacial score (nSPS) is 15.1. The fourth-order valence-corrected chi connectivity index (χ4v) is 12.9. The number of benzene rings is 3. The molecule has 0 saturated carbocycles. The van der Waals surface area contributed by atoms with Gasteiger partial charge in [0.25, 0.3) is 0 Å². The fourth-order valence-electron chi connectivity index (χ4n) is 4.69. The zero-order valence-corrected chi connectivity index (χ0v) is 20.6. The van der Waals surface area contributed by atoms with E-state index in [2.05, 4.69) is 98.8 Å². The summed E-state index contributed by atoms with van der Waals surface area (Å²) in [4.78, 5) is 0. The number of rotatable bonds is 3. The molecule has 0 nitrogen and oxygen atoms in total. The van der Waals surface area contributed by atoms with Crippen molar-refractivity contribution in [3.63, 3.8) is 0 Å². The van der Waals surface area contributed by atoms with Gasteiger partial charge in [-0.05, 0) is 0 Å². The largest absolute Gasteiger partial charge is 1.00 e. The third-order valence-electron chi connectivity index (χ3n) is 6.11. The molecule has 5 rings (SSSR count). The number of hydrogen-bond donors (Lipinski definition) is 0. The van der Waals surface area contributed by atoms with Gasteiger partial charge in [0.1, 0.15) is 0 Å². The number of halogens is 2. The van der Waals surface area contributed by atoms with E-state index in [9.17, 15) is 0 Å². The molecule has 0 aliphatic heterocycles. The first-order valence-electron chi connectivity index (χ1n) is 9.73. The molecular formula is C27H27Cl2Zr. The van der Waals surface area contributed by atoms with Crippen molar-refractivity contribution >= 4 is 3.27 Å². The van der Waals surface area contributed by atoms with Gasteiger partial charge in [-0.2, -0.15) is 0 Å². The van der Waals surface area contributed by atoms with Gasteiger partial charge in [0.15, 0.2) is 0 Å². The molecule has 0 heterocycles. The number of hydrogen-bond acceptors (Lipinski definition) is 0. The second kappa shape index (κ2) is 10.3. The minimum Gasteiger partial charge on any atom is -1.00 e. The van der Waals surface area contributed by atoms with Crippen LogP contribution in [0.4, 0.5) is 0 Å². The van der Waals surface area contributed by atoms with E-state index < -0.39 is 21.8 Å². The summed E-state index contributed by atoms with van der Waals surface area (Å²) in [6, 6.07) is 25.3. The molecule has 3 heteroatoms. The van der Waals surface area contributed by atoms with Crippen molar-refractivity contribution in [1.29, 1.82) is 0 Å². The second-order valence-corrected chi connectivity index (χ2v) is 14.0. The quantitative estimate of drug-likeness (QED) is 0.487. The zero-order chi connectivity index (χ0) is 18.4. The van der Waals surface area contributed by atoms with Crippen molar-refractivity contribution in [1.82, 2.24) is 0 Å². The molecule has 2 aliphatic carbocycles. The predicted octanol–water partition coefficient (Wildman–Crippen LogP) is 0.805. The van der Waals surface area contributed by atoms with Crippen molar-refractivity contribution in [3.05, 3.63) is 110 Å². The van der Waals surface area contributed by atoms with Crippen LogP contribution < -0.4 is 28.1 Å². The van der Waals surface area contributed by atoms with Crippen LogP contribution in [0, 0.1) is 13.8 Å². The van der Waals surface area contributed by atoms with Crippen LogP contribution in [0.25, 0.3) is 11.1 Å². The van der Waals surface area contributed by atoms with Crippen LogP contribution in [-0.2, 0) is 21.8 Å². The first-order valence-corrected chi connectivity index (χ1v) is 13.6. The van der Waals surface area contributed by atoms with E-state index in [4.69, 9.17) is 0 Å². The van der Waals surface area contributed by atoms with Crippen LogP contribution >= 0.6 is 0 Å². The van der Waals surface area contributed by atoms with Crippen molar-refractivity contribution in [2.75, 3.05) is 0 Å². The molecule has 0 fully saturated rings. The Hall–Kier alpha value is -1.40. The van der Waals surface area contributed by atoms with Crippen molar-refractivity contribution in [2.45, 2.75) is 31.3 Å². The van der Waals surface area contributed by atoms with Gasteiger partial charge < -0.3 is 24.8 Å². The minimum atomic E-state index is -2.15. The van der Waals surface area contributed by atoms with Gasteiger partial charge in [0.2, 0.25) is 0 Å². The Morgan fingerprint density at radius 2 is 1.50 bits per heavy atom. The Morgan fingerprint density at radius 1 is 0.800 bits per heavy atom. The smallest absolute Gasteiger partial charge is 1.00 e. The Morgan fingerprint density at radius 3 is 2.20 bits per heavy atom. The van der Waals surface area contributed by atoms with Crippen molar-refractivity contribution in [3.8, 4) is 11.1 Å². The van der Waals surface area contributed by atoms with Crippen LogP contribution in [0.2, 0.25) is 0 Å². The monoisotopic (exact) mass is 511 g/mol. The van der Waals surface area contributed by atoms with Crippen LogP contribution in [-0.4, -0.2) is 0 Å². The van der Waals surface area contributed by atoms with Gasteiger partial charge in [-0.1, -0.05) is 7.43 Å². The zero-order valence-electron chi connectivity index (χ0n) is 16.6. The molecule has 3 aromatic carbocycles. The molecule has 0 bridgehead atoms. The molecule has 30 heavy (non-hydrogen) atoms. The third kappa shape index (κ3) is 4.05. The molecule has 0 spiro atoms. The van der Waals surface area contributed by atoms with E-state index in [1.807, 2.05) is 0 Å². The summed E-state index contributed by atoms with van der Waals surface area (Å²) in [5.74, 6) is 0. The summed E-state index contributed by atoms with van der Waals surface area (Å²) >= 11 is -2.15. The van der Waals surface area contributed by atoms with E-state index in [0.29, 0.717) is 3.63 Å². The standard InChI is InChI=1S/C15H13.C6H5.C5H5.CH4.2ClH.Zr/c1-10-7-8-13-9-12-5-3-4-6-14(12)15(13)11(10)2;1-2-4-6-5-3-1;1-2-4-5-3-1;;;;/h3-9H,1-2H3;1-5H;1-3H,4H2;1H4;2*1H;/q;;;;;;+2/p-2. The molecule has 0 aromatic heterocycles. The number of aryl methyl sites for hydroxylation is 1. The van der Waals surface area contributed by atoms with E-state index >= 15 is 0 Å². The van der Waals surface area contributed by atoms with Crippen LogP contribution in [0.15, 0.2) is 88.2 Å². The Balaban J connectivity index is 0.00000107. The van der Waals surface area contributed by atoms with E-state index in [-0.39, 0.29) is 32.2 Å². The summed E-state index contributed by atoms with van der Waals surface area (Å²) in [7, 11) is 0. The first-order chi connectivity index (χ1) is 13.3. The summed E-state index contributed by atoms with van der Waals surface area (Å²) in [6.45, 7) is 4.54. The molecule has 2 aliphatic rings. The summed E-state index contributed by atoms with van der Waals surface area (Å²) < 4.78 is 3.90. The van der Waals surface area contributed by atoms with Gasteiger partial charge in [-0.3, -0.25) is 0 Å². The van der Waals surface area contributed by atoms with Gasteiger partial charge >= 0.3 is 171 Å². The molecule has 1 atom stereocenters. The topological polar surface area (TPSA) is 0 Å². The number of fused-ring (bicyclic) bond motifs is 3. The van der Waals surface area contributed by atoms with Gasteiger partial charge in [-0.15, -0.1) is 0 Å². The van der Waals surface area contributed by atoms with Gasteiger partial charge in [0, 0.05) is 0 Å². The Labute approximate surface area is 201 Å². The van der Waals surface area contributed by atoms with Crippen LogP contribution in [0.3, 0.4) is 0 Å². The average molecular weight is 514 g/mol. The molecule has 3 aromatic rings. The van der Waals surface area contributed by atoms with Crippen LogP contribution in [0.5, 0.6) is 0 Å². The van der Waals surface area contributed by atoms with Crippen molar-refractivity contribution < 1.29 is 46.6 Å². The summed E-state index contributed by atoms with van der Waals surface area (Å²) in [5.41, 5.74) is 8.97. The maximum Gasteiger partial charge on any atom is -1.00 e. The Bertz CT molecular complexity index is 1080. The molecule has 1 unspecified atom stereocenters. The molecule has 0 saturated heterocycles. The predicted molar refractivity (Wildman–Crippen MR) is 118 cm³/mol. The molecular weight excluding hydrogens is 486 g/mol. The molecule has 0 N–H and O–H groups in total. The van der Waals surface area contributed by atoms with Crippen LogP contribution in [0.1, 0.15) is 39.7 Å². The Kier molecular flexibility index (Phi) is 8.52. The summed E-state index contributed by atoms with van der Waals surface area (Å²) in [6.07, 6.45) is 8.16. The minimum absolute atomic E-state index is 0. The molecule has 0 radical (unpaired) electrons. The van der Waals surface area contributed by atoms with Crippen molar-refractivity contribution in [2.24, 2.45) is 0 Å². The number of allylic oxidation sites excluding steroid dienone is 4. The third-order valence-corrected chi connectivity index (χ3v) is 14.0. The second-order valence-electron chi connectivity index (χ2n) is 7.60. The molecule has 0 amide bonds. The maximum atomic E-state index is 2.43. The summed E-state index contributed by atoms with van der Waals surface area (Å²) in [5, 5.41) is 0. The molecule has 153 valence electrons. The fraction of sp³-hybridized carbons (Fsp3) is 0.185. The van der Waals surface area contributed by atoms with E-state index in [0.717, 1.165) is 6.42 Å². The van der Waals surface area contributed by atoms with E-state index in [1.54, 1.807) is 17.7 Å². The van der Waals surface area contributed by atoms with E-state index in [1.165, 1.54) is 22.3 Å². The first kappa shape index (κ1) is 24.9.